The van der Waals surface area contributed by atoms with Crippen LogP contribution < -0.4 is 5.73 Å². The van der Waals surface area contributed by atoms with Gasteiger partial charge in [-0.15, -0.1) is 0 Å². The van der Waals surface area contributed by atoms with Crippen LogP contribution in [0.3, 0.4) is 0 Å². The van der Waals surface area contributed by atoms with Crippen molar-refractivity contribution in [3.63, 3.8) is 0 Å². The molecule has 0 saturated carbocycles. The molecule has 0 heterocycles. The fourth-order valence-electron chi connectivity index (χ4n) is 1.82. The molecule has 3 atom stereocenters. The van der Waals surface area contributed by atoms with Gasteiger partial charge in [0.05, 0.1) is 12.2 Å². The smallest absolute Gasteiger partial charge is 0.328 e. The lowest BCUT2D eigenvalue weighted by atomic mass is 9.86. The van der Waals surface area contributed by atoms with E-state index in [1.54, 1.807) is 27.7 Å². The van der Waals surface area contributed by atoms with Gasteiger partial charge in [-0.05, 0) is 25.2 Å². The van der Waals surface area contributed by atoms with E-state index < -0.39 is 39.3 Å². The molecule has 0 fully saturated rings. The first-order valence-electron chi connectivity index (χ1n) is 6.32. The molecule has 0 aliphatic rings. The average Bonchev–Trinajstić information content (AvgIpc) is 2.07. The third-order valence-electron chi connectivity index (χ3n) is 2.38. The minimum Gasteiger partial charge on any atom is -0.328 e. The molecule has 0 amide bonds. The van der Waals surface area contributed by atoms with Crippen molar-refractivity contribution >= 4 is 15.6 Å². The van der Waals surface area contributed by atoms with E-state index in [1.165, 1.54) is 0 Å². The molecule has 0 bridgehead atoms. The molecule has 6 N–H and O–H groups in total. The van der Waals surface area contributed by atoms with Gasteiger partial charge >= 0.3 is 15.6 Å². The summed E-state index contributed by atoms with van der Waals surface area (Å²) in [6.45, 7) is 6.97. The van der Waals surface area contributed by atoms with Crippen LogP contribution >= 0.6 is 15.6 Å². The topological polar surface area (TPSA) is 160 Å². The third-order valence-corrected chi connectivity index (χ3v) is 3.47. The van der Waals surface area contributed by atoms with Crippen molar-refractivity contribution in [3.05, 3.63) is 0 Å². The van der Waals surface area contributed by atoms with Crippen LogP contribution in [0.5, 0.6) is 0 Å². The quantitative estimate of drug-likeness (QED) is 0.404. The zero-order chi connectivity index (χ0) is 17.1. The van der Waals surface area contributed by atoms with Gasteiger partial charge in [0.2, 0.25) is 0 Å². The monoisotopic (exact) mass is 349 g/mol. The van der Waals surface area contributed by atoms with Gasteiger partial charge in [-0.25, -0.2) is 9.13 Å². The summed E-state index contributed by atoms with van der Waals surface area (Å²) in [4.78, 5) is 35.8. The van der Waals surface area contributed by atoms with Crippen LogP contribution in [0.2, 0.25) is 0 Å². The molecule has 0 aliphatic heterocycles. The number of nitrogens with two attached hydrogens (primary N) is 1. The molecule has 0 aromatic heterocycles. The Hall–Kier alpha value is 0.180. The van der Waals surface area contributed by atoms with Crippen LogP contribution in [0.15, 0.2) is 0 Å². The van der Waals surface area contributed by atoms with Crippen molar-refractivity contribution in [2.75, 3.05) is 0 Å². The third kappa shape index (κ3) is 12.4. The van der Waals surface area contributed by atoms with E-state index in [0.29, 0.717) is 0 Å². The Kier molecular flexibility index (Phi) is 7.70. The highest BCUT2D eigenvalue weighted by atomic mass is 31.2. The molecular formula is C10H25NO8P2. The van der Waals surface area contributed by atoms with Crippen molar-refractivity contribution in [2.45, 2.75) is 58.8 Å². The normalized spacial score (nSPS) is 18.3. The molecule has 0 radical (unpaired) electrons. The summed E-state index contributed by atoms with van der Waals surface area (Å²) in [6, 6.07) is -0.496. The zero-order valence-corrected chi connectivity index (χ0v) is 14.3. The van der Waals surface area contributed by atoms with Crippen LogP contribution in [0.4, 0.5) is 0 Å². The molecular weight excluding hydrogens is 324 g/mol. The lowest BCUT2D eigenvalue weighted by molar-refractivity contribution is -0.0103. The molecule has 0 aliphatic carbocycles. The minimum absolute atomic E-state index is 0.0220. The fraction of sp³-hybridized carbons (Fsp3) is 1.00. The molecule has 0 aromatic rings. The van der Waals surface area contributed by atoms with Crippen LogP contribution in [0.1, 0.15) is 40.5 Å². The zero-order valence-electron chi connectivity index (χ0n) is 12.5. The predicted octanol–water partition coefficient (Wildman–Crippen LogP) is 1.12. The Morgan fingerprint density at radius 2 is 1.38 bits per heavy atom. The van der Waals surface area contributed by atoms with Crippen molar-refractivity contribution in [1.82, 2.24) is 0 Å². The molecule has 128 valence electrons. The highest BCUT2D eigenvalue weighted by molar-refractivity contribution is 7.46. The summed E-state index contributed by atoms with van der Waals surface area (Å²) in [7, 11) is -9.70. The van der Waals surface area contributed by atoms with Gasteiger partial charge in [-0.3, -0.25) is 9.05 Å². The summed E-state index contributed by atoms with van der Waals surface area (Å²) in [5.74, 6) is 0. The molecule has 21 heavy (non-hydrogen) atoms. The maximum Gasteiger partial charge on any atom is 0.469 e. The molecule has 0 aromatic carbocycles. The maximum atomic E-state index is 11.1. The standard InChI is InChI=1S/C10H25NO8P2/c1-7(11)5-8(18-20(12,13)14)9(6-10(2,3)4)19-21(15,16)17/h7-9H,5-6,11H2,1-4H3,(H2,12,13,14)(H2,15,16,17)/t7?,8-,9-/m0/s1. The Balaban J connectivity index is 5.33. The van der Waals surface area contributed by atoms with Gasteiger partial charge in [0, 0.05) is 6.04 Å². The maximum absolute atomic E-state index is 11.1. The molecule has 9 nitrogen and oxygen atoms in total. The van der Waals surface area contributed by atoms with Gasteiger partial charge in [0.25, 0.3) is 0 Å². The number of hydrogen-bond donors (Lipinski definition) is 5. The van der Waals surface area contributed by atoms with Gasteiger partial charge in [0.15, 0.2) is 0 Å². The van der Waals surface area contributed by atoms with E-state index in [9.17, 15) is 9.13 Å². The lowest BCUT2D eigenvalue weighted by Crippen LogP contribution is -2.37. The Morgan fingerprint density at radius 1 is 1.00 bits per heavy atom. The first kappa shape index (κ1) is 21.2. The summed E-state index contributed by atoms with van der Waals surface area (Å²) < 4.78 is 31.4. The van der Waals surface area contributed by atoms with Crippen LogP contribution in [-0.2, 0) is 18.2 Å². The van der Waals surface area contributed by atoms with E-state index >= 15 is 0 Å². The summed E-state index contributed by atoms with van der Waals surface area (Å²) in [5, 5.41) is 0. The molecule has 0 spiro atoms. The molecule has 0 saturated heterocycles. The summed E-state index contributed by atoms with van der Waals surface area (Å²) >= 11 is 0. The molecule has 11 heteroatoms. The lowest BCUT2D eigenvalue weighted by Gasteiger charge is -2.32. The fourth-order valence-corrected chi connectivity index (χ4v) is 2.96. The molecule has 0 rings (SSSR count). The first-order valence-corrected chi connectivity index (χ1v) is 9.38. The molecule has 1 unspecified atom stereocenters. The van der Waals surface area contributed by atoms with Crippen molar-refractivity contribution in [2.24, 2.45) is 11.1 Å². The van der Waals surface area contributed by atoms with Crippen molar-refractivity contribution in [3.8, 4) is 0 Å². The average molecular weight is 349 g/mol. The van der Waals surface area contributed by atoms with E-state index in [1.807, 2.05) is 0 Å². The van der Waals surface area contributed by atoms with Gasteiger partial charge < -0.3 is 25.3 Å². The van der Waals surface area contributed by atoms with Crippen molar-refractivity contribution < 1.29 is 37.8 Å². The van der Waals surface area contributed by atoms with E-state index in [4.69, 9.17) is 25.3 Å². The second-order valence-electron chi connectivity index (χ2n) is 6.25. The second kappa shape index (κ2) is 7.64. The summed E-state index contributed by atoms with van der Waals surface area (Å²) in [6.07, 6.45) is -2.34. The number of rotatable bonds is 8. The number of phosphoric acid groups is 2. The Bertz CT molecular complexity index is 410. The Morgan fingerprint density at radius 3 is 1.67 bits per heavy atom. The van der Waals surface area contributed by atoms with Crippen LogP contribution in [0, 0.1) is 5.41 Å². The SMILES string of the molecule is CC(N)C[C@H](OP(=O)(O)O)[C@H](CC(C)(C)C)OP(=O)(O)O. The highest BCUT2D eigenvalue weighted by Gasteiger charge is 2.37. The second-order valence-corrected chi connectivity index (χ2v) is 8.63. The van der Waals surface area contributed by atoms with Gasteiger partial charge in [0.1, 0.15) is 0 Å². The predicted molar refractivity (Wildman–Crippen MR) is 76.2 cm³/mol. The van der Waals surface area contributed by atoms with Crippen LogP contribution in [-0.4, -0.2) is 37.8 Å². The van der Waals surface area contributed by atoms with Crippen LogP contribution in [0.25, 0.3) is 0 Å². The van der Waals surface area contributed by atoms with Gasteiger partial charge in [-0.2, -0.15) is 0 Å². The summed E-state index contributed by atoms with van der Waals surface area (Å²) in [5.41, 5.74) is 5.19. The van der Waals surface area contributed by atoms with Crippen molar-refractivity contribution in [1.29, 1.82) is 0 Å². The number of phosphoric ester groups is 2. The van der Waals surface area contributed by atoms with E-state index in [2.05, 4.69) is 9.05 Å². The highest BCUT2D eigenvalue weighted by Crippen LogP contribution is 2.46. The number of hydrogen-bond acceptors (Lipinski definition) is 5. The Labute approximate surface area is 124 Å². The largest absolute Gasteiger partial charge is 0.469 e. The first-order chi connectivity index (χ1) is 9.09. The van der Waals surface area contributed by atoms with Gasteiger partial charge in [-0.1, -0.05) is 20.8 Å². The minimum atomic E-state index is -4.85. The van der Waals surface area contributed by atoms with E-state index in [0.717, 1.165) is 0 Å². The van der Waals surface area contributed by atoms with E-state index in [-0.39, 0.29) is 12.8 Å².